The van der Waals surface area contributed by atoms with Crippen LogP contribution in [0.25, 0.3) is 0 Å². The Hall–Kier alpha value is -2.04. The molecule has 0 bridgehead atoms. The van der Waals surface area contributed by atoms with Crippen LogP contribution in [-0.4, -0.2) is 36.0 Å². The Morgan fingerprint density at radius 2 is 2.15 bits per heavy atom. The van der Waals surface area contributed by atoms with Crippen molar-refractivity contribution in [3.8, 4) is 0 Å². The largest absolute Gasteiger partial charge is 0.459 e. The number of hydrogen-bond donors (Lipinski definition) is 1. The third-order valence-electron chi connectivity index (χ3n) is 3.28. The summed E-state index contributed by atoms with van der Waals surface area (Å²) in [5.74, 6) is -0.374. The average molecular weight is 276 g/mol. The minimum absolute atomic E-state index is 0.180. The highest BCUT2D eigenvalue weighted by Gasteiger charge is 2.33. The van der Waals surface area contributed by atoms with Crippen molar-refractivity contribution in [2.45, 2.75) is 32.4 Å². The van der Waals surface area contributed by atoms with Crippen molar-refractivity contribution in [1.82, 2.24) is 10.2 Å². The standard InChI is InChI=1S/C15H20N2O3/c1-2-3-9-17-10-13(16-15(17)19)14(18)20-11-12-7-5-4-6-8-12/h4-8,13H,2-3,9-11H2,1H3,(H,16,19). The summed E-state index contributed by atoms with van der Waals surface area (Å²) in [7, 11) is 0. The highest BCUT2D eigenvalue weighted by atomic mass is 16.5. The van der Waals surface area contributed by atoms with Gasteiger partial charge in [0.25, 0.3) is 0 Å². The van der Waals surface area contributed by atoms with E-state index in [1.165, 1.54) is 0 Å². The molecule has 108 valence electrons. The molecule has 0 saturated carbocycles. The monoisotopic (exact) mass is 276 g/mol. The summed E-state index contributed by atoms with van der Waals surface area (Å²) in [6.45, 7) is 3.39. The van der Waals surface area contributed by atoms with Gasteiger partial charge in [-0.05, 0) is 12.0 Å². The lowest BCUT2D eigenvalue weighted by molar-refractivity contribution is -0.146. The van der Waals surface area contributed by atoms with E-state index < -0.39 is 6.04 Å². The number of hydrogen-bond acceptors (Lipinski definition) is 3. The molecule has 1 fully saturated rings. The number of amides is 2. The first-order chi connectivity index (χ1) is 9.70. The first kappa shape index (κ1) is 14.4. The van der Waals surface area contributed by atoms with Crippen LogP contribution in [0.2, 0.25) is 0 Å². The summed E-state index contributed by atoms with van der Waals surface area (Å²) in [5.41, 5.74) is 0.938. The lowest BCUT2D eigenvalue weighted by Gasteiger charge is -2.13. The topological polar surface area (TPSA) is 58.6 Å². The summed E-state index contributed by atoms with van der Waals surface area (Å²) in [6, 6.07) is 8.76. The van der Waals surface area contributed by atoms with Crippen molar-refractivity contribution in [1.29, 1.82) is 0 Å². The molecule has 5 heteroatoms. The van der Waals surface area contributed by atoms with Crippen LogP contribution < -0.4 is 5.32 Å². The van der Waals surface area contributed by atoms with E-state index in [1.54, 1.807) is 4.90 Å². The number of ether oxygens (including phenoxy) is 1. The van der Waals surface area contributed by atoms with Crippen molar-refractivity contribution in [3.63, 3.8) is 0 Å². The van der Waals surface area contributed by atoms with Crippen molar-refractivity contribution >= 4 is 12.0 Å². The average Bonchev–Trinajstić information content (AvgIpc) is 2.85. The van der Waals surface area contributed by atoms with Crippen molar-refractivity contribution < 1.29 is 14.3 Å². The van der Waals surface area contributed by atoms with E-state index in [-0.39, 0.29) is 18.6 Å². The van der Waals surface area contributed by atoms with Crippen LogP contribution in [0.1, 0.15) is 25.3 Å². The van der Waals surface area contributed by atoms with Gasteiger partial charge in [-0.25, -0.2) is 9.59 Å². The summed E-state index contributed by atoms with van der Waals surface area (Å²) < 4.78 is 5.23. The van der Waals surface area contributed by atoms with Crippen LogP contribution in [0.4, 0.5) is 4.79 Å². The summed E-state index contributed by atoms with van der Waals surface area (Å²) in [5, 5.41) is 2.66. The van der Waals surface area contributed by atoms with Crippen molar-refractivity contribution in [2.75, 3.05) is 13.1 Å². The second-order valence-electron chi connectivity index (χ2n) is 4.89. The third kappa shape index (κ3) is 3.73. The Morgan fingerprint density at radius 1 is 1.40 bits per heavy atom. The van der Waals surface area contributed by atoms with Crippen molar-refractivity contribution in [2.24, 2.45) is 0 Å². The molecule has 1 aromatic rings. The fourth-order valence-electron chi connectivity index (χ4n) is 2.09. The molecule has 1 aromatic carbocycles. The maximum atomic E-state index is 11.9. The molecule has 2 rings (SSSR count). The Labute approximate surface area is 118 Å². The molecular formula is C15H20N2O3. The normalized spacial score (nSPS) is 17.9. The summed E-state index contributed by atoms with van der Waals surface area (Å²) in [4.78, 5) is 25.3. The number of nitrogens with zero attached hydrogens (tertiary/aromatic N) is 1. The van der Waals surface area contributed by atoms with E-state index in [9.17, 15) is 9.59 Å². The minimum atomic E-state index is -0.553. The molecule has 0 spiro atoms. The molecule has 0 aromatic heterocycles. The zero-order valence-electron chi connectivity index (χ0n) is 11.7. The molecule has 1 aliphatic heterocycles. The first-order valence-electron chi connectivity index (χ1n) is 6.96. The molecule has 5 nitrogen and oxygen atoms in total. The maximum Gasteiger partial charge on any atom is 0.330 e. The van der Waals surface area contributed by atoms with E-state index in [4.69, 9.17) is 4.74 Å². The van der Waals surface area contributed by atoms with Crippen LogP contribution in [0, 0.1) is 0 Å². The van der Waals surface area contributed by atoms with Gasteiger partial charge in [0.05, 0.1) is 6.54 Å². The minimum Gasteiger partial charge on any atom is -0.459 e. The molecule has 0 aliphatic carbocycles. The number of unbranched alkanes of at least 4 members (excludes halogenated alkanes) is 1. The van der Waals surface area contributed by atoms with Gasteiger partial charge in [-0.2, -0.15) is 0 Å². The smallest absolute Gasteiger partial charge is 0.330 e. The predicted octanol–water partition coefficient (Wildman–Crippen LogP) is 1.92. The van der Waals surface area contributed by atoms with Crippen LogP contribution in [-0.2, 0) is 16.1 Å². The van der Waals surface area contributed by atoms with Gasteiger partial charge in [-0.15, -0.1) is 0 Å². The molecule has 1 unspecified atom stereocenters. The highest BCUT2D eigenvalue weighted by Crippen LogP contribution is 2.09. The Kier molecular flexibility index (Phi) is 4.98. The number of carbonyl (C=O) groups is 2. The first-order valence-corrected chi connectivity index (χ1v) is 6.96. The molecule has 1 saturated heterocycles. The molecule has 0 radical (unpaired) electrons. The van der Waals surface area contributed by atoms with E-state index in [1.807, 2.05) is 30.3 Å². The molecule has 1 atom stereocenters. The summed E-state index contributed by atoms with van der Waals surface area (Å²) in [6.07, 6.45) is 1.96. The van der Waals surface area contributed by atoms with Gasteiger partial charge >= 0.3 is 12.0 Å². The zero-order chi connectivity index (χ0) is 14.4. The van der Waals surface area contributed by atoms with E-state index in [2.05, 4.69) is 12.2 Å². The second-order valence-corrected chi connectivity index (χ2v) is 4.89. The molecule has 2 amide bonds. The Morgan fingerprint density at radius 3 is 2.85 bits per heavy atom. The number of nitrogens with one attached hydrogen (secondary N) is 1. The number of urea groups is 1. The fourth-order valence-corrected chi connectivity index (χ4v) is 2.09. The quantitative estimate of drug-likeness (QED) is 0.808. The lowest BCUT2D eigenvalue weighted by Crippen LogP contribution is -2.35. The Balaban J connectivity index is 1.80. The van der Waals surface area contributed by atoms with Crippen LogP contribution in [0.15, 0.2) is 30.3 Å². The molecule has 20 heavy (non-hydrogen) atoms. The number of esters is 1. The van der Waals surface area contributed by atoms with Gasteiger partial charge in [0, 0.05) is 6.54 Å². The lowest BCUT2D eigenvalue weighted by atomic mass is 10.2. The predicted molar refractivity (Wildman–Crippen MR) is 75.0 cm³/mol. The van der Waals surface area contributed by atoms with Gasteiger partial charge in [-0.3, -0.25) is 0 Å². The fraction of sp³-hybridized carbons (Fsp3) is 0.467. The van der Waals surface area contributed by atoms with Gasteiger partial charge in [0.15, 0.2) is 0 Å². The van der Waals surface area contributed by atoms with Gasteiger partial charge in [0.2, 0.25) is 0 Å². The molecule has 1 aliphatic rings. The Bertz CT molecular complexity index is 461. The van der Waals surface area contributed by atoms with E-state index in [0.29, 0.717) is 13.1 Å². The van der Waals surface area contributed by atoms with Gasteiger partial charge in [-0.1, -0.05) is 43.7 Å². The molecule has 1 heterocycles. The second kappa shape index (κ2) is 6.93. The van der Waals surface area contributed by atoms with Crippen LogP contribution >= 0.6 is 0 Å². The number of carbonyl (C=O) groups excluding carboxylic acids is 2. The number of benzene rings is 1. The van der Waals surface area contributed by atoms with Crippen LogP contribution in [0.5, 0.6) is 0 Å². The van der Waals surface area contributed by atoms with E-state index >= 15 is 0 Å². The number of rotatable bonds is 6. The highest BCUT2D eigenvalue weighted by molar-refractivity contribution is 5.87. The maximum absolute atomic E-state index is 11.9. The van der Waals surface area contributed by atoms with Gasteiger partial charge < -0.3 is 15.0 Å². The molecule has 1 N–H and O–H groups in total. The van der Waals surface area contributed by atoms with Crippen LogP contribution in [0.3, 0.4) is 0 Å². The molecular weight excluding hydrogens is 256 g/mol. The SMILES string of the molecule is CCCCN1CC(C(=O)OCc2ccccc2)NC1=O. The van der Waals surface area contributed by atoms with Crippen molar-refractivity contribution in [3.05, 3.63) is 35.9 Å². The van der Waals surface area contributed by atoms with Gasteiger partial charge in [0.1, 0.15) is 12.6 Å². The summed E-state index contributed by atoms with van der Waals surface area (Å²) >= 11 is 0. The third-order valence-corrected chi connectivity index (χ3v) is 3.28. The van der Waals surface area contributed by atoms with E-state index in [0.717, 1.165) is 18.4 Å². The zero-order valence-corrected chi connectivity index (χ0v) is 11.7.